The lowest BCUT2D eigenvalue weighted by molar-refractivity contribution is 0.217. The lowest BCUT2D eigenvalue weighted by atomic mass is 9.88. The number of aryl methyl sites for hydroxylation is 1. The van der Waals surface area contributed by atoms with E-state index in [2.05, 4.69) is 61.3 Å². The molecule has 0 aliphatic carbocycles. The Balaban J connectivity index is 1.92. The molecule has 0 amide bonds. The smallest absolute Gasteiger partial charge is 0.161 e. The van der Waals surface area contributed by atoms with Gasteiger partial charge in [0.25, 0.3) is 0 Å². The highest BCUT2D eigenvalue weighted by Crippen LogP contribution is 2.40. The van der Waals surface area contributed by atoms with Crippen LogP contribution >= 0.6 is 0 Å². The number of likely N-dealkylation sites (N-methyl/N-ethyl adjacent to an activating group) is 1. The molecule has 0 saturated carbocycles. The summed E-state index contributed by atoms with van der Waals surface area (Å²) in [5, 5.41) is 3.68. The Bertz CT molecular complexity index is 833. The first kappa shape index (κ1) is 22.4. The van der Waals surface area contributed by atoms with Gasteiger partial charge in [0.2, 0.25) is 0 Å². The number of hydrogen-bond acceptors (Lipinski definition) is 5. The average Bonchev–Trinajstić information content (AvgIpc) is 2.80. The molecule has 1 unspecified atom stereocenters. The van der Waals surface area contributed by atoms with Gasteiger partial charge in [-0.25, -0.2) is 0 Å². The number of nitrogens with zero attached hydrogens (tertiary/aromatic N) is 1. The number of benzene rings is 2. The zero-order valence-electron chi connectivity index (χ0n) is 19.1. The Hall–Kier alpha value is -2.24. The van der Waals surface area contributed by atoms with E-state index in [0.717, 1.165) is 61.8 Å². The molecule has 3 rings (SSSR count). The summed E-state index contributed by atoms with van der Waals surface area (Å²) >= 11 is 0. The van der Waals surface area contributed by atoms with Gasteiger partial charge in [-0.2, -0.15) is 0 Å². The molecule has 30 heavy (non-hydrogen) atoms. The third-order valence-corrected chi connectivity index (χ3v) is 6.06. The number of hydrogen-bond donors (Lipinski definition) is 1. The highest BCUT2D eigenvalue weighted by Gasteiger charge is 2.26. The molecule has 0 saturated heterocycles. The maximum Gasteiger partial charge on any atom is 0.161 e. The summed E-state index contributed by atoms with van der Waals surface area (Å²) in [6.45, 7) is 11.0. The minimum absolute atomic E-state index is 0.0747. The standard InChI is InChI=1S/C25H36N2O3/c1-6-18-9-10-20(22(15-18)28-4)25-21-17-24(30-14-13-27(7-2)8-3)23(29-5)16-19(21)11-12-26-25/h9-10,15-17,25-26H,6-8,11-14H2,1-5H3. The van der Waals surface area contributed by atoms with Gasteiger partial charge < -0.3 is 24.4 Å². The van der Waals surface area contributed by atoms with E-state index in [1.165, 1.54) is 16.7 Å². The SMILES string of the molecule is CCc1ccc(C2NCCc3cc(OC)c(OCCN(CC)CC)cc32)c(OC)c1. The van der Waals surface area contributed by atoms with Gasteiger partial charge in [-0.05, 0) is 60.8 Å². The van der Waals surface area contributed by atoms with Crippen LogP contribution in [0.2, 0.25) is 0 Å². The van der Waals surface area contributed by atoms with Crippen LogP contribution < -0.4 is 19.5 Å². The fraction of sp³-hybridized carbons (Fsp3) is 0.520. The second-order valence-corrected chi connectivity index (χ2v) is 7.64. The highest BCUT2D eigenvalue weighted by molar-refractivity contribution is 5.53. The van der Waals surface area contributed by atoms with Crippen LogP contribution in [0.15, 0.2) is 30.3 Å². The molecule has 2 aromatic rings. The van der Waals surface area contributed by atoms with Gasteiger partial charge in [0.1, 0.15) is 12.4 Å². The van der Waals surface area contributed by atoms with Gasteiger partial charge in [0, 0.05) is 18.7 Å². The van der Waals surface area contributed by atoms with Crippen LogP contribution in [-0.4, -0.2) is 51.9 Å². The molecule has 1 heterocycles. The van der Waals surface area contributed by atoms with E-state index in [1.807, 2.05) is 0 Å². The Morgan fingerprint density at radius 1 is 0.933 bits per heavy atom. The van der Waals surface area contributed by atoms with Crippen LogP contribution in [0.1, 0.15) is 49.1 Å². The fourth-order valence-electron chi connectivity index (χ4n) is 4.15. The first-order chi connectivity index (χ1) is 14.6. The van der Waals surface area contributed by atoms with E-state index in [1.54, 1.807) is 14.2 Å². The Morgan fingerprint density at radius 2 is 1.70 bits per heavy atom. The van der Waals surface area contributed by atoms with Gasteiger partial charge >= 0.3 is 0 Å². The number of methoxy groups -OCH3 is 2. The van der Waals surface area contributed by atoms with Crippen LogP contribution in [-0.2, 0) is 12.8 Å². The van der Waals surface area contributed by atoms with Crippen LogP contribution in [0.4, 0.5) is 0 Å². The molecule has 1 aliphatic rings. The molecule has 1 aliphatic heterocycles. The Labute approximate surface area is 181 Å². The summed E-state index contributed by atoms with van der Waals surface area (Å²) in [7, 11) is 3.46. The predicted octanol–water partition coefficient (Wildman–Crippen LogP) is 4.22. The molecule has 0 aromatic heterocycles. The van der Waals surface area contributed by atoms with Crippen molar-refractivity contribution in [1.82, 2.24) is 10.2 Å². The van der Waals surface area contributed by atoms with Crippen molar-refractivity contribution < 1.29 is 14.2 Å². The molecule has 1 N–H and O–H groups in total. The summed E-state index contributed by atoms with van der Waals surface area (Å²) in [5.41, 5.74) is 4.98. The van der Waals surface area contributed by atoms with Crippen molar-refractivity contribution in [3.05, 3.63) is 52.6 Å². The third kappa shape index (κ3) is 4.90. The number of rotatable bonds is 10. The number of fused-ring (bicyclic) bond motifs is 1. The summed E-state index contributed by atoms with van der Waals surface area (Å²) < 4.78 is 17.6. The first-order valence-corrected chi connectivity index (χ1v) is 11.1. The molecule has 0 bridgehead atoms. The van der Waals surface area contributed by atoms with Crippen LogP contribution in [0.5, 0.6) is 17.2 Å². The third-order valence-electron chi connectivity index (χ3n) is 6.06. The van der Waals surface area contributed by atoms with Crippen LogP contribution in [0.3, 0.4) is 0 Å². The monoisotopic (exact) mass is 412 g/mol. The van der Waals surface area contributed by atoms with E-state index in [-0.39, 0.29) is 6.04 Å². The molecule has 0 spiro atoms. The summed E-state index contributed by atoms with van der Waals surface area (Å²) in [6.07, 6.45) is 1.96. The van der Waals surface area contributed by atoms with Gasteiger partial charge in [-0.15, -0.1) is 0 Å². The van der Waals surface area contributed by atoms with E-state index in [0.29, 0.717) is 6.61 Å². The molecule has 0 radical (unpaired) electrons. The van der Waals surface area contributed by atoms with Gasteiger partial charge in [-0.1, -0.05) is 32.9 Å². The van der Waals surface area contributed by atoms with Gasteiger partial charge in [0.05, 0.1) is 20.3 Å². The first-order valence-electron chi connectivity index (χ1n) is 11.1. The Morgan fingerprint density at radius 3 is 2.37 bits per heavy atom. The van der Waals surface area contributed by atoms with E-state index in [4.69, 9.17) is 14.2 Å². The van der Waals surface area contributed by atoms with Crippen molar-refractivity contribution >= 4 is 0 Å². The van der Waals surface area contributed by atoms with Gasteiger partial charge in [0.15, 0.2) is 11.5 Å². The van der Waals surface area contributed by atoms with Crippen molar-refractivity contribution in [1.29, 1.82) is 0 Å². The van der Waals surface area contributed by atoms with Crippen molar-refractivity contribution in [2.45, 2.75) is 39.7 Å². The quantitative estimate of drug-likeness (QED) is 0.633. The molecule has 2 aromatic carbocycles. The Kier molecular flexibility index (Phi) is 8.00. The van der Waals surface area contributed by atoms with Crippen molar-refractivity contribution in [3.8, 4) is 17.2 Å². The van der Waals surface area contributed by atoms with Crippen LogP contribution in [0.25, 0.3) is 0 Å². The highest BCUT2D eigenvalue weighted by atomic mass is 16.5. The molecule has 0 fully saturated rings. The second kappa shape index (κ2) is 10.7. The minimum atomic E-state index is 0.0747. The molecule has 5 heteroatoms. The average molecular weight is 413 g/mol. The van der Waals surface area contributed by atoms with Crippen LogP contribution in [0, 0.1) is 0 Å². The summed E-state index contributed by atoms with van der Waals surface area (Å²) in [5.74, 6) is 2.54. The van der Waals surface area contributed by atoms with E-state index >= 15 is 0 Å². The van der Waals surface area contributed by atoms with Gasteiger partial charge in [-0.3, -0.25) is 0 Å². The molecule has 1 atom stereocenters. The fourth-order valence-corrected chi connectivity index (χ4v) is 4.15. The lowest BCUT2D eigenvalue weighted by Crippen LogP contribution is -2.31. The molecule has 164 valence electrons. The molecular formula is C25H36N2O3. The maximum atomic E-state index is 6.18. The van der Waals surface area contributed by atoms with Crippen molar-refractivity contribution in [2.75, 3.05) is 47.0 Å². The zero-order valence-corrected chi connectivity index (χ0v) is 19.1. The van der Waals surface area contributed by atoms with Crippen molar-refractivity contribution in [3.63, 3.8) is 0 Å². The minimum Gasteiger partial charge on any atom is -0.496 e. The van der Waals surface area contributed by atoms with E-state index < -0.39 is 0 Å². The lowest BCUT2D eigenvalue weighted by Gasteiger charge is -2.30. The zero-order chi connectivity index (χ0) is 21.5. The summed E-state index contributed by atoms with van der Waals surface area (Å²) in [6, 6.07) is 10.9. The predicted molar refractivity (Wildman–Crippen MR) is 122 cm³/mol. The normalized spacial score (nSPS) is 15.7. The van der Waals surface area contributed by atoms with E-state index in [9.17, 15) is 0 Å². The number of ether oxygens (including phenoxy) is 3. The summed E-state index contributed by atoms with van der Waals surface area (Å²) in [4.78, 5) is 2.36. The van der Waals surface area contributed by atoms with Crippen molar-refractivity contribution in [2.24, 2.45) is 0 Å². The topological polar surface area (TPSA) is 43.0 Å². The number of nitrogens with one attached hydrogen (secondary N) is 1. The second-order valence-electron chi connectivity index (χ2n) is 7.64. The maximum absolute atomic E-state index is 6.18. The molecular weight excluding hydrogens is 376 g/mol. The largest absolute Gasteiger partial charge is 0.496 e. The molecule has 5 nitrogen and oxygen atoms in total.